The number of aryl methyl sites for hydroxylation is 2. The predicted molar refractivity (Wildman–Crippen MR) is 114 cm³/mol. The molecule has 1 aromatic heterocycles. The standard InChI is InChI=1S/C19H25N5.C2H2/c1-6-12-24-18(14(4)21-19(24)20)17(7-2)23-15(5)22-16-10-8-13(3)9-11-16;1-2/h6-12H,1-5H3,(H2,20,21)(H,22,23);1-2H/b12-6-,17-7-;. The number of anilines is 2. The molecule has 0 saturated carbocycles. The molecule has 0 aliphatic carbocycles. The molecule has 2 rings (SSSR count). The molecule has 0 aliphatic rings. The van der Waals surface area contributed by atoms with Gasteiger partial charge in [0.25, 0.3) is 0 Å². The summed E-state index contributed by atoms with van der Waals surface area (Å²) in [6, 6.07) is 8.21. The monoisotopic (exact) mass is 349 g/mol. The van der Waals surface area contributed by atoms with Crippen LogP contribution >= 0.6 is 0 Å². The van der Waals surface area contributed by atoms with Crippen LogP contribution in [0.1, 0.15) is 37.7 Å². The highest BCUT2D eigenvalue weighted by Crippen LogP contribution is 2.24. The third-order valence-electron chi connectivity index (χ3n) is 3.59. The first-order valence-corrected chi connectivity index (χ1v) is 8.32. The zero-order valence-electron chi connectivity index (χ0n) is 16.1. The van der Waals surface area contributed by atoms with Crippen LogP contribution in [0.5, 0.6) is 0 Å². The van der Waals surface area contributed by atoms with Crippen LogP contribution in [0.25, 0.3) is 11.9 Å². The van der Waals surface area contributed by atoms with Crippen molar-refractivity contribution in [1.82, 2.24) is 9.55 Å². The van der Waals surface area contributed by atoms with E-state index < -0.39 is 0 Å². The molecule has 136 valence electrons. The highest BCUT2D eigenvalue weighted by atomic mass is 15.2. The van der Waals surface area contributed by atoms with Crippen molar-refractivity contribution in [2.45, 2.75) is 34.6 Å². The van der Waals surface area contributed by atoms with E-state index in [1.54, 1.807) is 0 Å². The summed E-state index contributed by atoms with van der Waals surface area (Å²) in [5.41, 5.74) is 10.8. The summed E-state index contributed by atoms with van der Waals surface area (Å²) in [6.07, 6.45) is 13.8. The second-order valence-corrected chi connectivity index (χ2v) is 5.62. The van der Waals surface area contributed by atoms with Crippen LogP contribution in [-0.4, -0.2) is 15.4 Å². The van der Waals surface area contributed by atoms with Gasteiger partial charge in [-0.15, -0.1) is 12.8 Å². The molecule has 26 heavy (non-hydrogen) atoms. The lowest BCUT2D eigenvalue weighted by atomic mass is 10.2. The van der Waals surface area contributed by atoms with Gasteiger partial charge in [0.05, 0.1) is 17.1 Å². The molecule has 0 aliphatic heterocycles. The third kappa shape index (κ3) is 5.12. The Hall–Kier alpha value is -3.26. The smallest absolute Gasteiger partial charge is 0.205 e. The summed E-state index contributed by atoms with van der Waals surface area (Å²) in [6.45, 7) is 9.85. The Morgan fingerprint density at radius 1 is 1.19 bits per heavy atom. The van der Waals surface area contributed by atoms with Crippen molar-refractivity contribution in [3.05, 3.63) is 53.4 Å². The Morgan fingerprint density at radius 2 is 1.81 bits per heavy atom. The average molecular weight is 349 g/mol. The average Bonchev–Trinajstić information content (AvgIpc) is 2.90. The van der Waals surface area contributed by atoms with Gasteiger partial charge in [0, 0.05) is 11.9 Å². The number of nitrogen functional groups attached to an aromatic ring is 1. The highest BCUT2D eigenvalue weighted by Gasteiger charge is 2.14. The Morgan fingerprint density at radius 3 is 2.35 bits per heavy atom. The SMILES string of the molecule is C#C.C/C=C\n1c(N)nc(C)c1/C(=C/C)N=C(C)Nc1ccc(C)cc1. The Balaban J connectivity index is 0.00000163. The van der Waals surface area contributed by atoms with Gasteiger partial charge in [-0.1, -0.05) is 29.8 Å². The van der Waals surface area contributed by atoms with Crippen LogP contribution in [0.15, 0.2) is 41.4 Å². The first kappa shape index (κ1) is 20.8. The first-order chi connectivity index (χ1) is 12.5. The summed E-state index contributed by atoms with van der Waals surface area (Å²) in [5.74, 6) is 1.26. The third-order valence-corrected chi connectivity index (χ3v) is 3.59. The lowest BCUT2D eigenvalue weighted by Crippen LogP contribution is -2.08. The molecule has 5 heteroatoms. The molecule has 5 nitrogen and oxygen atoms in total. The number of hydrogen-bond donors (Lipinski definition) is 2. The Labute approximate surface area is 156 Å². The van der Waals surface area contributed by atoms with E-state index in [4.69, 9.17) is 10.7 Å². The summed E-state index contributed by atoms with van der Waals surface area (Å²) in [5, 5.41) is 3.31. The lowest BCUT2D eigenvalue weighted by Gasteiger charge is -2.10. The number of terminal acetylenes is 1. The first-order valence-electron chi connectivity index (χ1n) is 8.32. The number of benzene rings is 1. The number of rotatable bonds is 4. The van der Waals surface area contributed by atoms with E-state index in [9.17, 15) is 0 Å². The van der Waals surface area contributed by atoms with E-state index in [0.29, 0.717) is 5.95 Å². The maximum absolute atomic E-state index is 6.00. The minimum absolute atomic E-state index is 0.458. The molecule has 1 aromatic carbocycles. The van der Waals surface area contributed by atoms with Gasteiger partial charge in [-0.25, -0.2) is 9.98 Å². The number of nitrogens with one attached hydrogen (secondary N) is 1. The molecule has 0 fully saturated rings. The van der Waals surface area contributed by atoms with Crippen molar-refractivity contribution in [2.75, 3.05) is 11.1 Å². The predicted octanol–water partition coefficient (Wildman–Crippen LogP) is 4.71. The number of hydrogen-bond acceptors (Lipinski definition) is 3. The van der Waals surface area contributed by atoms with E-state index in [0.717, 1.165) is 28.6 Å². The van der Waals surface area contributed by atoms with Gasteiger partial charge in [0.1, 0.15) is 5.84 Å². The number of nitrogens with two attached hydrogens (primary N) is 1. The van der Waals surface area contributed by atoms with Crippen LogP contribution in [0.4, 0.5) is 11.6 Å². The summed E-state index contributed by atoms with van der Waals surface area (Å²) >= 11 is 0. The molecule has 0 radical (unpaired) electrons. The van der Waals surface area contributed by atoms with Gasteiger partial charge in [-0.2, -0.15) is 0 Å². The number of allylic oxidation sites excluding steroid dienone is 2. The second-order valence-electron chi connectivity index (χ2n) is 5.62. The summed E-state index contributed by atoms with van der Waals surface area (Å²) in [7, 11) is 0. The van der Waals surface area contributed by atoms with Crippen molar-refractivity contribution in [3.8, 4) is 12.8 Å². The highest BCUT2D eigenvalue weighted by molar-refractivity contribution is 5.97. The van der Waals surface area contributed by atoms with Gasteiger partial charge in [0.15, 0.2) is 0 Å². The van der Waals surface area contributed by atoms with Gasteiger partial charge in [-0.3, -0.25) is 4.57 Å². The van der Waals surface area contributed by atoms with Crippen LogP contribution < -0.4 is 11.1 Å². The topological polar surface area (TPSA) is 68.2 Å². The van der Waals surface area contributed by atoms with E-state index in [2.05, 4.69) is 42.2 Å². The van der Waals surface area contributed by atoms with E-state index in [1.807, 2.05) is 62.7 Å². The van der Waals surface area contributed by atoms with Crippen LogP contribution in [0.3, 0.4) is 0 Å². The van der Waals surface area contributed by atoms with Gasteiger partial charge in [-0.05, 0) is 46.8 Å². The fourth-order valence-electron chi connectivity index (χ4n) is 2.48. The zero-order valence-corrected chi connectivity index (χ0v) is 16.1. The van der Waals surface area contributed by atoms with Crippen molar-refractivity contribution in [1.29, 1.82) is 0 Å². The van der Waals surface area contributed by atoms with E-state index in [-0.39, 0.29) is 0 Å². The maximum atomic E-state index is 6.00. The fourth-order valence-corrected chi connectivity index (χ4v) is 2.48. The molecule has 0 atom stereocenters. The largest absolute Gasteiger partial charge is 0.369 e. The molecule has 0 saturated heterocycles. The van der Waals surface area contributed by atoms with Crippen LogP contribution in [-0.2, 0) is 0 Å². The lowest BCUT2D eigenvalue weighted by molar-refractivity contribution is 1.12. The molecular weight excluding hydrogens is 322 g/mol. The number of aromatic nitrogens is 2. The zero-order chi connectivity index (χ0) is 19.7. The normalized spacial score (nSPS) is 12.0. The Kier molecular flexibility index (Phi) is 7.91. The quantitative estimate of drug-likeness (QED) is 0.477. The van der Waals surface area contributed by atoms with Crippen molar-refractivity contribution in [3.63, 3.8) is 0 Å². The van der Waals surface area contributed by atoms with Gasteiger partial charge >= 0.3 is 0 Å². The van der Waals surface area contributed by atoms with Gasteiger partial charge in [0.2, 0.25) is 5.95 Å². The molecule has 1 heterocycles. The minimum Gasteiger partial charge on any atom is -0.369 e. The molecule has 0 spiro atoms. The van der Waals surface area contributed by atoms with Crippen LogP contribution in [0, 0.1) is 26.7 Å². The number of imidazole rings is 1. The molecule has 0 bridgehead atoms. The number of aliphatic imine (C=N–C) groups is 1. The number of nitrogens with zero attached hydrogens (tertiary/aromatic N) is 3. The van der Waals surface area contributed by atoms with Gasteiger partial charge < -0.3 is 11.1 Å². The Bertz CT molecular complexity index is 833. The fraction of sp³-hybridized carbons (Fsp3) is 0.238. The summed E-state index contributed by atoms with van der Waals surface area (Å²) in [4.78, 5) is 9.07. The van der Waals surface area contributed by atoms with Crippen LogP contribution in [0.2, 0.25) is 0 Å². The van der Waals surface area contributed by atoms with E-state index >= 15 is 0 Å². The molecule has 0 unspecified atom stereocenters. The van der Waals surface area contributed by atoms with E-state index in [1.165, 1.54) is 5.56 Å². The summed E-state index contributed by atoms with van der Waals surface area (Å²) < 4.78 is 1.85. The van der Waals surface area contributed by atoms with Crippen molar-refractivity contribution >= 4 is 29.4 Å². The minimum atomic E-state index is 0.458. The molecular formula is C21H27N5. The van der Waals surface area contributed by atoms with Crippen molar-refractivity contribution < 1.29 is 0 Å². The second kappa shape index (κ2) is 9.90. The van der Waals surface area contributed by atoms with Crippen molar-refractivity contribution in [2.24, 2.45) is 4.99 Å². The molecule has 0 amide bonds. The molecule has 2 aromatic rings. The molecule has 3 N–H and O–H groups in total. The maximum Gasteiger partial charge on any atom is 0.205 e. The number of amidine groups is 1.